The first-order valence-corrected chi connectivity index (χ1v) is 9.25. The van der Waals surface area contributed by atoms with Gasteiger partial charge in [0.25, 0.3) is 0 Å². The quantitative estimate of drug-likeness (QED) is 0.204. The summed E-state index contributed by atoms with van der Waals surface area (Å²) in [7, 11) is 0. The Hall–Kier alpha value is -1.83. The van der Waals surface area contributed by atoms with Crippen molar-refractivity contribution in [2.75, 3.05) is 0 Å². The van der Waals surface area contributed by atoms with E-state index in [0.29, 0.717) is 6.42 Å². The molecule has 0 fully saturated rings. The van der Waals surface area contributed by atoms with E-state index < -0.39 is 5.97 Å². The van der Waals surface area contributed by atoms with Gasteiger partial charge in [0.15, 0.2) is 0 Å². The molecule has 134 valence electrons. The largest absolute Gasteiger partial charge is 0.481 e. The molecule has 0 saturated carbocycles. The molecule has 0 aliphatic rings. The minimum atomic E-state index is -0.689. The molecule has 2 heteroatoms. The number of carbonyl (C=O) groups is 1. The maximum Gasteiger partial charge on any atom is 0.303 e. The van der Waals surface area contributed by atoms with E-state index in [-0.39, 0.29) is 0 Å². The lowest BCUT2D eigenvalue weighted by atomic mass is 10.1. The van der Waals surface area contributed by atoms with E-state index in [1.807, 2.05) is 0 Å². The van der Waals surface area contributed by atoms with Crippen LogP contribution in [-0.2, 0) is 4.79 Å². The summed E-state index contributed by atoms with van der Waals surface area (Å²) >= 11 is 0. The molecule has 0 aromatic heterocycles. The summed E-state index contributed by atoms with van der Waals surface area (Å²) in [6, 6.07) is 0. The fourth-order valence-electron chi connectivity index (χ4n) is 2.09. The Bertz CT molecular complexity index is 425. The molecule has 0 heterocycles. The van der Waals surface area contributed by atoms with Gasteiger partial charge in [0.2, 0.25) is 0 Å². The number of allylic oxidation sites excluding steroid dienone is 10. The predicted octanol–water partition coefficient (Wildman–Crippen LogP) is 6.77. The zero-order chi connectivity index (χ0) is 17.7. The second-order valence-electron chi connectivity index (χ2n) is 5.72. The average Bonchev–Trinajstić information content (AvgIpc) is 2.56. The molecule has 0 atom stereocenters. The van der Waals surface area contributed by atoms with Gasteiger partial charge in [-0.1, -0.05) is 74.1 Å². The van der Waals surface area contributed by atoms with Gasteiger partial charge in [-0.3, -0.25) is 4.79 Å². The first-order valence-electron chi connectivity index (χ1n) is 9.25. The van der Waals surface area contributed by atoms with Crippen LogP contribution in [0.4, 0.5) is 0 Å². The van der Waals surface area contributed by atoms with Crippen LogP contribution in [0.15, 0.2) is 60.8 Å². The summed E-state index contributed by atoms with van der Waals surface area (Å²) in [4.78, 5) is 10.4. The highest BCUT2D eigenvalue weighted by atomic mass is 16.4. The van der Waals surface area contributed by atoms with Crippen LogP contribution in [0.2, 0.25) is 0 Å². The highest BCUT2D eigenvalue weighted by Gasteiger charge is 1.94. The molecule has 0 aliphatic heterocycles. The molecule has 1 N–H and O–H groups in total. The lowest BCUT2D eigenvalue weighted by Gasteiger charge is -1.94. The van der Waals surface area contributed by atoms with Crippen LogP contribution in [0.25, 0.3) is 0 Å². The first-order chi connectivity index (χ1) is 11.8. The summed E-state index contributed by atoms with van der Waals surface area (Å²) in [6.07, 6.45) is 31.3. The third-order valence-electron chi connectivity index (χ3n) is 3.42. The fraction of sp³-hybridized carbons (Fsp3) is 0.500. The number of hydrogen-bond acceptors (Lipinski definition) is 1. The van der Waals surface area contributed by atoms with E-state index in [9.17, 15) is 4.79 Å². The van der Waals surface area contributed by atoms with Gasteiger partial charge in [-0.25, -0.2) is 0 Å². The van der Waals surface area contributed by atoms with Gasteiger partial charge < -0.3 is 5.11 Å². The van der Waals surface area contributed by atoms with E-state index in [0.717, 1.165) is 57.8 Å². The summed E-state index contributed by atoms with van der Waals surface area (Å²) in [5.74, 6) is -0.689. The van der Waals surface area contributed by atoms with Crippen molar-refractivity contribution < 1.29 is 9.90 Å². The van der Waals surface area contributed by atoms with Gasteiger partial charge in [-0.2, -0.15) is 0 Å². The van der Waals surface area contributed by atoms with Crippen molar-refractivity contribution in [2.45, 2.75) is 71.1 Å². The van der Waals surface area contributed by atoms with Crippen molar-refractivity contribution in [1.82, 2.24) is 0 Å². The molecule has 24 heavy (non-hydrogen) atoms. The SMILES string of the molecule is CCC=CCC=CC=CCCC=CCC=CCCCCCC(=O)O. The van der Waals surface area contributed by atoms with Crippen molar-refractivity contribution in [3.8, 4) is 0 Å². The van der Waals surface area contributed by atoms with Gasteiger partial charge in [0, 0.05) is 6.42 Å². The highest BCUT2D eigenvalue weighted by molar-refractivity contribution is 5.66. The third kappa shape index (κ3) is 20.2. The second-order valence-corrected chi connectivity index (χ2v) is 5.72. The van der Waals surface area contributed by atoms with Crippen molar-refractivity contribution >= 4 is 5.97 Å². The van der Waals surface area contributed by atoms with Gasteiger partial charge >= 0.3 is 5.97 Å². The van der Waals surface area contributed by atoms with Gasteiger partial charge in [0.05, 0.1) is 0 Å². The van der Waals surface area contributed by atoms with Crippen LogP contribution in [0.5, 0.6) is 0 Å². The smallest absolute Gasteiger partial charge is 0.303 e. The van der Waals surface area contributed by atoms with E-state index in [4.69, 9.17) is 5.11 Å². The Kier molecular flexibility index (Phi) is 17.8. The lowest BCUT2D eigenvalue weighted by molar-refractivity contribution is -0.137. The topological polar surface area (TPSA) is 37.3 Å². The maximum atomic E-state index is 10.4. The number of unbranched alkanes of at least 4 members (excludes halogenated alkanes) is 4. The molecule has 0 aliphatic carbocycles. The Morgan fingerprint density at radius 3 is 2.08 bits per heavy atom. The number of carboxylic acid groups (broad SMARTS) is 1. The van der Waals surface area contributed by atoms with Crippen LogP contribution >= 0.6 is 0 Å². The Morgan fingerprint density at radius 2 is 1.33 bits per heavy atom. The van der Waals surface area contributed by atoms with E-state index in [1.54, 1.807) is 0 Å². The predicted molar refractivity (Wildman–Crippen MR) is 105 cm³/mol. The van der Waals surface area contributed by atoms with E-state index >= 15 is 0 Å². The maximum absolute atomic E-state index is 10.4. The van der Waals surface area contributed by atoms with Crippen LogP contribution in [0, 0.1) is 0 Å². The van der Waals surface area contributed by atoms with E-state index in [2.05, 4.69) is 67.7 Å². The molecular weight excluding hydrogens is 296 g/mol. The molecular formula is C22H34O2. The van der Waals surface area contributed by atoms with Crippen molar-refractivity contribution in [3.63, 3.8) is 0 Å². The molecule has 0 amide bonds. The van der Waals surface area contributed by atoms with E-state index in [1.165, 1.54) is 0 Å². The van der Waals surface area contributed by atoms with Gasteiger partial charge in [-0.05, 0) is 51.4 Å². The standard InChI is InChI=1S/C22H34O2/c1-2-3-4-5-6-7-8-9-10-11-12-13-14-15-16-17-18-19-20-21-22(23)24/h3-4,6-9,12-13,15-16H,2,5,10-11,14,17-21H2,1H3,(H,23,24). The minimum Gasteiger partial charge on any atom is -0.481 e. The summed E-state index contributed by atoms with van der Waals surface area (Å²) < 4.78 is 0. The third-order valence-corrected chi connectivity index (χ3v) is 3.42. The van der Waals surface area contributed by atoms with Crippen molar-refractivity contribution in [3.05, 3.63) is 60.8 Å². The summed E-state index contributed by atoms with van der Waals surface area (Å²) in [5, 5.41) is 8.53. The summed E-state index contributed by atoms with van der Waals surface area (Å²) in [5.41, 5.74) is 0. The molecule has 0 aromatic carbocycles. The van der Waals surface area contributed by atoms with Crippen LogP contribution in [0.3, 0.4) is 0 Å². The molecule has 0 aromatic rings. The summed E-state index contributed by atoms with van der Waals surface area (Å²) in [6.45, 7) is 2.15. The van der Waals surface area contributed by atoms with Crippen molar-refractivity contribution in [1.29, 1.82) is 0 Å². The van der Waals surface area contributed by atoms with Crippen LogP contribution in [-0.4, -0.2) is 11.1 Å². The molecule has 0 radical (unpaired) electrons. The molecule has 0 rings (SSSR count). The first kappa shape index (κ1) is 22.2. The fourth-order valence-corrected chi connectivity index (χ4v) is 2.09. The Morgan fingerprint density at radius 1 is 0.708 bits per heavy atom. The van der Waals surface area contributed by atoms with Crippen molar-refractivity contribution in [2.24, 2.45) is 0 Å². The molecule has 0 bridgehead atoms. The van der Waals surface area contributed by atoms with Gasteiger partial charge in [0.1, 0.15) is 0 Å². The minimum absolute atomic E-state index is 0.298. The zero-order valence-electron chi connectivity index (χ0n) is 15.2. The molecule has 0 unspecified atom stereocenters. The molecule has 0 saturated heterocycles. The number of aliphatic carboxylic acids is 1. The Labute approximate surface area is 148 Å². The second kappa shape index (κ2) is 19.2. The Balaban J connectivity index is 3.41. The number of carboxylic acids is 1. The normalized spacial score (nSPS) is 12.7. The highest BCUT2D eigenvalue weighted by Crippen LogP contribution is 2.04. The number of hydrogen-bond donors (Lipinski definition) is 1. The van der Waals surface area contributed by atoms with Crippen LogP contribution < -0.4 is 0 Å². The molecule has 2 nitrogen and oxygen atoms in total. The average molecular weight is 331 g/mol. The van der Waals surface area contributed by atoms with Gasteiger partial charge in [-0.15, -0.1) is 0 Å². The lowest BCUT2D eigenvalue weighted by Crippen LogP contribution is -1.93. The zero-order valence-corrected chi connectivity index (χ0v) is 15.2. The van der Waals surface area contributed by atoms with Crippen LogP contribution in [0.1, 0.15) is 71.1 Å². The monoisotopic (exact) mass is 330 g/mol. The molecule has 0 spiro atoms. The number of rotatable bonds is 15.